The van der Waals surface area contributed by atoms with E-state index in [1.807, 2.05) is 30.3 Å². The van der Waals surface area contributed by atoms with Crippen LogP contribution in [0.3, 0.4) is 0 Å². The van der Waals surface area contributed by atoms with E-state index in [0.717, 1.165) is 24.0 Å². The molecule has 0 aromatic heterocycles. The second-order valence-corrected chi connectivity index (χ2v) is 6.03. The standard InChI is InChI=1S/C18H20O/c1-13-12-15-10-6-7-11-18(15,2)16(13)17(19)14-8-4-3-5-9-14/h3-5,8-9,12,16H,1,6-7,10-11H2,2H3/t16-,18-/m0/s1. The van der Waals surface area contributed by atoms with Crippen molar-refractivity contribution in [3.05, 3.63) is 59.7 Å². The van der Waals surface area contributed by atoms with Gasteiger partial charge in [0.1, 0.15) is 0 Å². The van der Waals surface area contributed by atoms with Gasteiger partial charge in [-0.05, 0) is 24.8 Å². The molecule has 0 amide bonds. The van der Waals surface area contributed by atoms with Crippen LogP contribution in [0.5, 0.6) is 0 Å². The van der Waals surface area contributed by atoms with Gasteiger partial charge < -0.3 is 0 Å². The summed E-state index contributed by atoms with van der Waals surface area (Å²) < 4.78 is 0. The van der Waals surface area contributed by atoms with Crippen LogP contribution in [0.25, 0.3) is 0 Å². The normalized spacial score (nSPS) is 29.8. The van der Waals surface area contributed by atoms with Gasteiger partial charge in [0.2, 0.25) is 0 Å². The fourth-order valence-electron chi connectivity index (χ4n) is 3.76. The molecule has 0 spiro atoms. The molecular weight excluding hydrogens is 232 g/mol. The van der Waals surface area contributed by atoms with E-state index < -0.39 is 0 Å². The van der Waals surface area contributed by atoms with Crippen molar-refractivity contribution in [3.63, 3.8) is 0 Å². The number of carbonyl (C=O) groups excluding carboxylic acids is 1. The lowest BCUT2D eigenvalue weighted by atomic mass is 9.65. The third-order valence-electron chi connectivity index (χ3n) is 4.81. The Bertz CT molecular complexity index is 552. The Morgan fingerprint density at radius 3 is 2.74 bits per heavy atom. The van der Waals surface area contributed by atoms with E-state index in [1.165, 1.54) is 18.4 Å². The molecule has 1 fully saturated rings. The van der Waals surface area contributed by atoms with Gasteiger partial charge in [-0.2, -0.15) is 0 Å². The Morgan fingerprint density at radius 1 is 1.26 bits per heavy atom. The molecule has 1 saturated carbocycles. The minimum atomic E-state index is -0.0507. The Kier molecular flexibility index (Phi) is 2.93. The molecule has 0 N–H and O–H groups in total. The Hall–Kier alpha value is -1.63. The van der Waals surface area contributed by atoms with Gasteiger partial charge in [-0.1, -0.05) is 61.9 Å². The summed E-state index contributed by atoms with van der Waals surface area (Å²) in [5.41, 5.74) is 3.28. The number of Topliss-reactive ketones (excluding diaryl/α,β-unsaturated/α-hetero) is 1. The molecule has 0 heterocycles. The van der Waals surface area contributed by atoms with E-state index in [0.29, 0.717) is 0 Å². The predicted octanol–water partition coefficient (Wildman–Crippen LogP) is 4.56. The van der Waals surface area contributed by atoms with Crippen molar-refractivity contribution in [2.45, 2.75) is 32.6 Å². The minimum absolute atomic E-state index is 0.0161. The quantitative estimate of drug-likeness (QED) is 0.705. The average Bonchev–Trinajstić information content (AvgIpc) is 2.69. The van der Waals surface area contributed by atoms with Crippen LogP contribution in [0.1, 0.15) is 43.0 Å². The monoisotopic (exact) mass is 252 g/mol. The number of hydrogen-bond donors (Lipinski definition) is 0. The smallest absolute Gasteiger partial charge is 0.171 e. The molecule has 19 heavy (non-hydrogen) atoms. The van der Waals surface area contributed by atoms with Gasteiger partial charge in [-0.3, -0.25) is 4.79 Å². The van der Waals surface area contributed by atoms with Crippen molar-refractivity contribution in [2.75, 3.05) is 0 Å². The lowest BCUT2D eigenvalue weighted by molar-refractivity contribution is 0.0849. The molecule has 0 bridgehead atoms. The maximum absolute atomic E-state index is 12.8. The first kappa shape index (κ1) is 12.4. The van der Waals surface area contributed by atoms with Crippen LogP contribution in [-0.4, -0.2) is 5.78 Å². The van der Waals surface area contributed by atoms with Crippen LogP contribution in [0.15, 0.2) is 54.1 Å². The minimum Gasteiger partial charge on any atom is -0.293 e. The average molecular weight is 252 g/mol. The number of ketones is 1. The summed E-state index contributed by atoms with van der Waals surface area (Å²) in [6.45, 7) is 6.41. The molecule has 0 unspecified atom stereocenters. The summed E-state index contributed by atoms with van der Waals surface area (Å²) in [5.74, 6) is 0.187. The van der Waals surface area contributed by atoms with Gasteiger partial charge in [0.05, 0.1) is 5.92 Å². The largest absolute Gasteiger partial charge is 0.293 e. The zero-order chi connectivity index (χ0) is 13.5. The SMILES string of the molecule is C=C1C=C2CCCC[C@]2(C)[C@@H]1C(=O)c1ccccc1. The van der Waals surface area contributed by atoms with Gasteiger partial charge in [-0.15, -0.1) is 0 Å². The summed E-state index contributed by atoms with van der Waals surface area (Å²) in [6, 6.07) is 9.65. The second kappa shape index (κ2) is 4.48. The molecule has 3 rings (SSSR count). The fourth-order valence-corrected chi connectivity index (χ4v) is 3.76. The van der Waals surface area contributed by atoms with Crippen molar-refractivity contribution >= 4 is 5.78 Å². The third-order valence-corrected chi connectivity index (χ3v) is 4.81. The molecule has 2 atom stereocenters. The highest BCUT2D eigenvalue weighted by Gasteiger charge is 2.47. The predicted molar refractivity (Wildman–Crippen MR) is 78.1 cm³/mol. The molecule has 1 heteroatoms. The van der Waals surface area contributed by atoms with Gasteiger partial charge in [0.25, 0.3) is 0 Å². The molecule has 0 aliphatic heterocycles. The molecule has 1 aromatic rings. The van der Waals surface area contributed by atoms with Crippen molar-refractivity contribution in [3.8, 4) is 0 Å². The maximum Gasteiger partial charge on any atom is 0.171 e. The third kappa shape index (κ3) is 1.88. The summed E-state index contributed by atoms with van der Waals surface area (Å²) in [4.78, 5) is 12.8. The molecule has 0 saturated heterocycles. The van der Waals surface area contributed by atoms with Crippen LogP contribution in [0.2, 0.25) is 0 Å². The molecule has 2 aliphatic carbocycles. The van der Waals surface area contributed by atoms with Crippen molar-refractivity contribution in [1.29, 1.82) is 0 Å². The van der Waals surface area contributed by atoms with Gasteiger partial charge >= 0.3 is 0 Å². The lowest BCUT2D eigenvalue weighted by Crippen LogP contribution is -2.34. The molecule has 98 valence electrons. The molecule has 1 nitrogen and oxygen atoms in total. The van der Waals surface area contributed by atoms with E-state index in [4.69, 9.17) is 0 Å². The van der Waals surface area contributed by atoms with Crippen LogP contribution in [-0.2, 0) is 0 Å². The summed E-state index contributed by atoms with van der Waals surface area (Å²) >= 11 is 0. The van der Waals surface area contributed by atoms with E-state index in [1.54, 1.807) is 0 Å². The highest BCUT2D eigenvalue weighted by atomic mass is 16.1. The summed E-state index contributed by atoms with van der Waals surface area (Å²) in [6.07, 6.45) is 6.90. The molecule has 0 radical (unpaired) electrons. The highest BCUT2D eigenvalue weighted by Crippen LogP contribution is 2.54. The Balaban J connectivity index is 1.97. The summed E-state index contributed by atoms with van der Waals surface area (Å²) in [7, 11) is 0. The first-order chi connectivity index (χ1) is 9.13. The van der Waals surface area contributed by atoms with Gasteiger partial charge in [-0.25, -0.2) is 0 Å². The second-order valence-electron chi connectivity index (χ2n) is 6.03. The molecule has 2 aliphatic rings. The van der Waals surface area contributed by atoms with Crippen molar-refractivity contribution in [1.82, 2.24) is 0 Å². The summed E-state index contributed by atoms with van der Waals surface area (Å²) in [5, 5.41) is 0. The number of fused-ring (bicyclic) bond motifs is 1. The van der Waals surface area contributed by atoms with Crippen LogP contribution in [0.4, 0.5) is 0 Å². The number of rotatable bonds is 2. The van der Waals surface area contributed by atoms with E-state index in [2.05, 4.69) is 19.6 Å². The fraction of sp³-hybridized carbons (Fsp3) is 0.389. The van der Waals surface area contributed by atoms with Crippen LogP contribution >= 0.6 is 0 Å². The van der Waals surface area contributed by atoms with E-state index >= 15 is 0 Å². The topological polar surface area (TPSA) is 17.1 Å². The number of benzene rings is 1. The van der Waals surface area contributed by atoms with E-state index in [9.17, 15) is 4.79 Å². The zero-order valence-corrected chi connectivity index (χ0v) is 11.5. The number of hydrogen-bond acceptors (Lipinski definition) is 1. The highest BCUT2D eigenvalue weighted by molar-refractivity contribution is 6.01. The first-order valence-electron chi connectivity index (χ1n) is 7.12. The van der Waals surface area contributed by atoms with E-state index in [-0.39, 0.29) is 17.1 Å². The number of allylic oxidation sites excluding steroid dienone is 3. The van der Waals surface area contributed by atoms with Crippen LogP contribution in [0, 0.1) is 11.3 Å². The number of carbonyl (C=O) groups is 1. The lowest BCUT2D eigenvalue weighted by Gasteiger charge is -2.37. The molecule has 1 aromatic carbocycles. The van der Waals surface area contributed by atoms with Gasteiger partial charge in [0.15, 0.2) is 5.78 Å². The van der Waals surface area contributed by atoms with Crippen molar-refractivity contribution < 1.29 is 4.79 Å². The van der Waals surface area contributed by atoms with Crippen molar-refractivity contribution in [2.24, 2.45) is 11.3 Å². The van der Waals surface area contributed by atoms with Crippen LogP contribution < -0.4 is 0 Å². The zero-order valence-electron chi connectivity index (χ0n) is 11.5. The van der Waals surface area contributed by atoms with Gasteiger partial charge in [0, 0.05) is 11.0 Å². The Morgan fingerprint density at radius 2 is 2.00 bits per heavy atom. The Labute approximate surface area is 115 Å². The molecular formula is C18H20O. The maximum atomic E-state index is 12.8. The first-order valence-corrected chi connectivity index (χ1v) is 7.12.